The smallest absolute Gasteiger partial charge is 0.469 e. The zero-order valence-electron chi connectivity index (χ0n) is 16.9. The third kappa shape index (κ3) is 3.22. The topological polar surface area (TPSA) is 106 Å². The summed E-state index contributed by atoms with van der Waals surface area (Å²) in [5.74, 6) is 3.07. The van der Waals surface area contributed by atoms with Gasteiger partial charge in [-0.25, -0.2) is 4.57 Å². The van der Waals surface area contributed by atoms with Crippen molar-refractivity contribution in [2.45, 2.75) is 31.9 Å². The number of phosphoric ester groups is 1. The quantitative estimate of drug-likeness (QED) is 0.662. The number of rotatable bonds is 3. The Labute approximate surface area is 170 Å². The maximum Gasteiger partial charge on any atom is 0.469 e. The zero-order chi connectivity index (χ0) is 21.0. The second kappa shape index (κ2) is 7.36. The van der Waals surface area contributed by atoms with E-state index in [1.807, 2.05) is 6.08 Å². The average Bonchev–Trinajstić information content (AvgIpc) is 3.01. The molecule has 2 saturated heterocycles. The molecule has 8 nitrogen and oxygen atoms in total. The van der Waals surface area contributed by atoms with Gasteiger partial charge in [-0.15, -0.1) is 0 Å². The summed E-state index contributed by atoms with van der Waals surface area (Å²) in [6.45, 7) is 2.61. The number of ketones is 1. The molecule has 2 heterocycles. The van der Waals surface area contributed by atoms with Crippen molar-refractivity contribution in [3.05, 3.63) is 35.8 Å². The van der Waals surface area contributed by atoms with E-state index in [4.69, 9.17) is 19.3 Å². The summed E-state index contributed by atoms with van der Waals surface area (Å²) in [6, 6.07) is 0.513. The zero-order valence-corrected chi connectivity index (χ0v) is 17.7. The molecular formula is C20H28NO7P. The molecule has 1 spiro atoms. The standard InChI is InChI=1S/C18H21NO3.C2H7O4P/c1-19-8-7-18-11-4-5-13(20)17(18)22-16-14(21-2)6-3-10(15(16)18)9-12(11)19;1-2-6-7(3,4)5/h3-6,10-12,15,17H,7-9H2,1-2H3;2H2,1H3,(H2,3,4,5)/t10?,11-,12+,15?,17-,18-;/m0./s1. The summed E-state index contributed by atoms with van der Waals surface area (Å²) < 4.78 is 25.4. The molecular weight excluding hydrogens is 397 g/mol. The molecule has 2 N–H and O–H groups in total. The SMILES string of the molecule is CCOP(=O)(O)O.COC1=C2O[C@H]3C(=O)C=C[C@H]4[C@H]5CC(C=C1)C2[C@@]34CCN5C. The molecule has 5 rings (SSSR count). The first kappa shape index (κ1) is 20.8. The van der Waals surface area contributed by atoms with Crippen LogP contribution in [0.25, 0.3) is 0 Å². The Morgan fingerprint density at radius 1 is 1.34 bits per heavy atom. The minimum atomic E-state index is -4.17. The van der Waals surface area contributed by atoms with E-state index < -0.39 is 7.82 Å². The average molecular weight is 425 g/mol. The molecule has 0 radical (unpaired) electrons. The Kier molecular flexibility index (Phi) is 5.28. The summed E-state index contributed by atoms with van der Waals surface area (Å²) in [6.07, 6.45) is 10.1. The number of ether oxygens (including phenoxy) is 2. The highest BCUT2D eigenvalue weighted by molar-refractivity contribution is 7.46. The number of hydrogen-bond acceptors (Lipinski definition) is 6. The lowest BCUT2D eigenvalue weighted by Gasteiger charge is -2.59. The van der Waals surface area contributed by atoms with Crippen LogP contribution in [-0.2, 0) is 23.4 Å². The van der Waals surface area contributed by atoms with Gasteiger partial charge >= 0.3 is 7.82 Å². The predicted octanol–water partition coefficient (Wildman–Crippen LogP) is 2.01. The number of carbonyl (C=O) groups excluding carboxylic acids is 1. The van der Waals surface area contributed by atoms with Crippen molar-refractivity contribution in [2.75, 3.05) is 27.3 Å². The van der Waals surface area contributed by atoms with E-state index in [1.54, 1.807) is 13.2 Å². The number of nitrogens with zero attached hydrogens (tertiary/aromatic N) is 1. The summed E-state index contributed by atoms with van der Waals surface area (Å²) in [4.78, 5) is 30.8. The number of hydrogen-bond donors (Lipinski definition) is 2. The van der Waals surface area contributed by atoms with Gasteiger partial charge in [0.1, 0.15) is 5.76 Å². The van der Waals surface area contributed by atoms with Gasteiger partial charge in [0.2, 0.25) is 0 Å². The molecule has 0 amide bonds. The van der Waals surface area contributed by atoms with E-state index in [0.29, 0.717) is 23.8 Å². The Morgan fingerprint density at radius 2 is 2.10 bits per heavy atom. The van der Waals surface area contributed by atoms with Crippen LogP contribution in [-0.4, -0.2) is 59.9 Å². The van der Waals surface area contributed by atoms with Gasteiger partial charge in [0.25, 0.3) is 0 Å². The molecule has 29 heavy (non-hydrogen) atoms. The van der Waals surface area contributed by atoms with Crippen LogP contribution in [0.15, 0.2) is 35.8 Å². The van der Waals surface area contributed by atoms with Gasteiger partial charge in [0, 0.05) is 23.3 Å². The second-order valence-electron chi connectivity index (χ2n) is 8.27. The summed E-state index contributed by atoms with van der Waals surface area (Å²) >= 11 is 0. The number of carbonyl (C=O) groups is 1. The summed E-state index contributed by atoms with van der Waals surface area (Å²) in [5.41, 5.74) is -0.0597. The lowest BCUT2D eigenvalue weighted by molar-refractivity contribution is -0.140. The Bertz CT molecular complexity index is 831. The fraction of sp³-hybridized carbons (Fsp3) is 0.650. The van der Waals surface area contributed by atoms with Crippen LogP contribution in [0.1, 0.15) is 19.8 Å². The van der Waals surface area contributed by atoms with Crippen LogP contribution in [0.3, 0.4) is 0 Å². The first-order chi connectivity index (χ1) is 13.7. The van der Waals surface area contributed by atoms with Crippen molar-refractivity contribution in [2.24, 2.45) is 23.2 Å². The maximum atomic E-state index is 12.6. The Morgan fingerprint density at radius 3 is 2.72 bits per heavy atom. The van der Waals surface area contributed by atoms with Crippen molar-refractivity contribution >= 4 is 13.6 Å². The van der Waals surface area contributed by atoms with Crippen molar-refractivity contribution in [1.29, 1.82) is 0 Å². The highest BCUT2D eigenvalue weighted by Gasteiger charge is 2.69. The van der Waals surface area contributed by atoms with Crippen molar-refractivity contribution < 1.29 is 33.1 Å². The van der Waals surface area contributed by atoms with Gasteiger partial charge in [-0.3, -0.25) is 9.32 Å². The third-order valence-corrected chi connectivity index (χ3v) is 7.61. The highest BCUT2D eigenvalue weighted by atomic mass is 31.2. The van der Waals surface area contributed by atoms with E-state index in [9.17, 15) is 9.36 Å². The lowest BCUT2D eigenvalue weighted by Crippen LogP contribution is -2.64. The van der Waals surface area contributed by atoms with Crippen LogP contribution >= 0.6 is 7.82 Å². The van der Waals surface area contributed by atoms with Crippen LogP contribution in [0.2, 0.25) is 0 Å². The molecule has 160 valence electrons. The molecule has 3 fully saturated rings. The van der Waals surface area contributed by atoms with Gasteiger partial charge < -0.3 is 24.2 Å². The molecule has 2 bridgehead atoms. The molecule has 1 saturated carbocycles. The molecule has 2 unspecified atom stereocenters. The number of allylic oxidation sites excluding steroid dienone is 3. The Hall–Kier alpha value is -1.44. The number of likely N-dealkylation sites (tertiary alicyclic amines) is 1. The number of phosphoric acid groups is 1. The maximum absolute atomic E-state index is 12.6. The van der Waals surface area contributed by atoms with Crippen LogP contribution in [0.5, 0.6) is 0 Å². The molecule has 2 aliphatic heterocycles. The fourth-order valence-corrected chi connectivity index (χ4v) is 6.34. The lowest BCUT2D eigenvalue weighted by atomic mass is 9.48. The van der Waals surface area contributed by atoms with Crippen LogP contribution in [0.4, 0.5) is 0 Å². The molecule has 0 aromatic heterocycles. The van der Waals surface area contributed by atoms with Gasteiger partial charge in [-0.05, 0) is 51.4 Å². The summed E-state index contributed by atoms with van der Waals surface area (Å²) in [5, 5.41) is 0. The van der Waals surface area contributed by atoms with Crippen molar-refractivity contribution in [3.63, 3.8) is 0 Å². The first-order valence-electron chi connectivity index (χ1n) is 9.98. The van der Waals surface area contributed by atoms with Gasteiger partial charge in [-0.1, -0.05) is 12.2 Å². The number of methoxy groups -OCH3 is 1. The van der Waals surface area contributed by atoms with E-state index in [-0.39, 0.29) is 23.9 Å². The van der Waals surface area contributed by atoms with Gasteiger partial charge in [0.05, 0.1) is 13.7 Å². The van der Waals surface area contributed by atoms with Gasteiger partial charge in [0.15, 0.2) is 17.6 Å². The minimum Gasteiger partial charge on any atom is -0.493 e. The number of piperidine rings is 1. The molecule has 5 aliphatic rings. The molecule has 3 aliphatic carbocycles. The monoisotopic (exact) mass is 425 g/mol. The molecule has 6 atom stereocenters. The molecule has 0 aromatic carbocycles. The largest absolute Gasteiger partial charge is 0.493 e. The van der Waals surface area contributed by atoms with Crippen molar-refractivity contribution in [3.8, 4) is 0 Å². The normalized spacial score (nSPS) is 39.5. The van der Waals surface area contributed by atoms with E-state index in [0.717, 1.165) is 30.9 Å². The van der Waals surface area contributed by atoms with Crippen LogP contribution in [0, 0.1) is 23.2 Å². The predicted molar refractivity (Wildman–Crippen MR) is 104 cm³/mol. The van der Waals surface area contributed by atoms with E-state index >= 15 is 0 Å². The minimum absolute atomic E-state index is 0.0459. The Balaban J connectivity index is 0.000000255. The van der Waals surface area contributed by atoms with Gasteiger partial charge in [-0.2, -0.15) is 0 Å². The second-order valence-corrected chi connectivity index (χ2v) is 9.51. The van der Waals surface area contributed by atoms with Crippen LogP contribution < -0.4 is 0 Å². The third-order valence-electron chi connectivity index (χ3n) is 7.02. The highest BCUT2D eigenvalue weighted by Crippen LogP contribution is 2.66. The molecule has 0 aromatic rings. The summed E-state index contributed by atoms with van der Waals surface area (Å²) in [7, 11) is -0.258. The fourth-order valence-electron chi connectivity index (χ4n) is 6.00. The van der Waals surface area contributed by atoms with E-state index in [2.05, 4.69) is 28.6 Å². The molecule has 9 heteroatoms. The van der Waals surface area contributed by atoms with E-state index in [1.165, 1.54) is 6.92 Å². The van der Waals surface area contributed by atoms with Crippen molar-refractivity contribution in [1.82, 2.24) is 4.90 Å². The first-order valence-corrected chi connectivity index (χ1v) is 11.5.